The van der Waals surface area contributed by atoms with Gasteiger partial charge in [0.05, 0.1) is 18.8 Å². The van der Waals surface area contributed by atoms with E-state index >= 15 is 0 Å². The number of benzene rings is 2. The normalized spacial score (nSPS) is 24.8. The van der Waals surface area contributed by atoms with Crippen molar-refractivity contribution in [2.24, 2.45) is 5.92 Å². The van der Waals surface area contributed by atoms with Crippen molar-refractivity contribution in [1.82, 2.24) is 4.90 Å². The van der Waals surface area contributed by atoms with Crippen LogP contribution in [-0.4, -0.2) is 35.3 Å². The summed E-state index contributed by atoms with van der Waals surface area (Å²) >= 11 is 0. The standard InChI is InChI=1S/C21H27NO2/c1-2-19-14-22(13-17-9-5-3-6-10-17)15-20(21(19)23)24-16-18-11-7-4-8-12-18/h3-12,19-21,23H,2,13-16H2,1H3. The molecule has 3 rings (SSSR count). The molecule has 2 aromatic carbocycles. The number of hydrogen-bond acceptors (Lipinski definition) is 3. The minimum atomic E-state index is -0.384. The maximum atomic E-state index is 10.6. The van der Waals surface area contributed by atoms with Crippen LogP contribution < -0.4 is 0 Å². The summed E-state index contributed by atoms with van der Waals surface area (Å²) in [4.78, 5) is 2.41. The fourth-order valence-corrected chi connectivity index (χ4v) is 3.45. The summed E-state index contributed by atoms with van der Waals surface area (Å²) in [6, 6.07) is 20.7. The first-order valence-electron chi connectivity index (χ1n) is 8.86. The molecule has 3 atom stereocenters. The van der Waals surface area contributed by atoms with Crippen molar-refractivity contribution in [1.29, 1.82) is 0 Å². The molecule has 0 amide bonds. The molecule has 1 aliphatic rings. The molecule has 1 aliphatic heterocycles. The van der Waals surface area contributed by atoms with Gasteiger partial charge in [0.2, 0.25) is 0 Å². The number of aliphatic hydroxyl groups excluding tert-OH is 1. The van der Waals surface area contributed by atoms with Crippen molar-refractivity contribution in [3.8, 4) is 0 Å². The summed E-state index contributed by atoms with van der Waals surface area (Å²) in [5.41, 5.74) is 2.46. The van der Waals surface area contributed by atoms with Crippen LogP contribution in [0.15, 0.2) is 60.7 Å². The molecule has 3 nitrogen and oxygen atoms in total. The Kier molecular flexibility index (Phi) is 6.02. The largest absolute Gasteiger partial charge is 0.390 e. The van der Waals surface area contributed by atoms with Crippen molar-refractivity contribution < 1.29 is 9.84 Å². The van der Waals surface area contributed by atoms with Gasteiger partial charge in [0.1, 0.15) is 0 Å². The Morgan fingerprint density at radius 1 is 0.958 bits per heavy atom. The number of nitrogens with zero attached hydrogens (tertiary/aromatic N) is 1. The van der Waals surface area contributed by atoms with Crippen LogP contribution in [0.4, 0.5) is 0 Å². The van der Waals surface area contributed by atoms with E-state index in [9.17, 15) is 5.11 Å². The van der Waals surface area contributed by atoms with Gasteiger partial charge in [-0.1, -0.05) is 67.6 Å². The van der Waals surface area contributed by atoms with E-state index in [1.165, 1.54) is 5.56 Å². The molecule has 3 heteroatoms. The highest BCUT2D eigenvalue weighted by molar-refractivity contribution is 5.15. The van der Waals surface area contributed by atoms with Crippen LogP contribution in [0.25, 0.3) is 0 Å². The molecule has 1 fully saturated rings. The summed E-state index contributed by atoms with van der Waals surface area (Å²) in [5, 5.41) is 10.6. The number of piperidine rings is 1. The van der Waals surface area contributed by atoms with Gasteiger partial charge in [-0.3, -0.25) is 4.90 Å². The van der Waals surface area contributed by atoms with Crippen LogP contribution in [-0.2, 0) is 17.9 Å². The number of rotatable bonds is 6. The zero-order valence-corrected chi connectivity index (χ0v) is 14.3. The number of aliphatic hydroxyl groups is 1. The zero-order valence-electron chi connectivity index (χ0n) is 14.3. The second kappa shape index (κ2) is 8.43. The third-order valence-electron chi connectivity index (χ3n) is 4.88. The molecule has 1 saturated heterocycles. The Morgan fingerprint density at radius 3 is 2.21 bits per heavy atom. The third kappa shape index (κ3) is 4.44. The van der Waals surface area contributed by atoms with Crippen LogP contribution in [0.3, 0.4) is 0 Å². The van der Waals surface area contributed by atoms with Crippen molar-refractivity contribution in [2.45, 2.75) is 38.7 Å². The van der Waals surface area contributed by atoms with Gasteiger partial charge in [0, 0.05) is 19.6 Å². The summed E-state index contributed by atoms with van der Waals surface area (Å²) < 4.78 is 6.09. The average Bonchev–Trinajstić information content (AvgIpc) is 2.63. The van der Waals surface area contributed by atoms with E-state index in [1.54, 1.807) is 0 Å². The molecule has 0 saturated carbocycles. The van der Waals surface area contributed by atoms with Gasteiger partial charge < -0.3 is 9.84 Å². The Labute approximate surface area is 144 Å². The molecule has 1 heterocycles. The monoisotopic (exact) mass is 325 g/mol. The molecule has 2 aromatic rings. The lowest BCUT2D eigenvalue weighted by Gasteiger charge is -2.41. The van der Waals surface area contributed by atoms with E-state index in [0.717, 1.165) is 31.6 Å². The van der Waals surface area contributed by atoms with Gasteiger partial charge in [-0.25, -0.2) is 0 Å². The molecule has 0 aliphatic carbocycles. The summed E-state index contributed by atoms with van der Waals surface area (Å²) in [6.07, 6.45) is 0.454. The van der Waals surface area contributed by atoms with Crippen LogP contribution >= 0.6 is 0 Å². The van der Waals surface area contributed by atoms with Crippen LogP contribution in [0, 0.1) is 5.92 Å². The second-order valence-electron chi connectivity index (χ2n) is 6.67. The summed E-state index contributed by atoms with van der Waals surface area (Å²) in [7, 11) is 0. The van der Waals surface area contributed by atoms with Crippen LogP contribution in [0.5, 0.6) is 0 Å². The first-order chi connectivity index (χ1) is 11.8. The fraction of sp³-hybridized carbons (Fsp3) is 0.429. The molecular formula is C21H27NO2. The lowest BCUT2D eigenvalue weighted by Crippen LogP contribution is -2.52. The summed E-state index contributed by atoms with van der Waals surface area (Å²) in [5.74, 6) is 0.267. The summed E-state index contributed by atoms with van der Waals surface area (Å²) in [6.45, 7) is 5.32. The van der Waals surface area contributed by atoms with Gasteiger partial charge in [-0.05, 0) is 23.5 Å². The Balaban J connectivity index is 1.63. The fourth-order valence-electron chi connectivity index (χ4n) is 3.45. The van der Waals surface area contributed by atoms with Gasteiger partial charge in [0.15, 0.2) is 0 Å². The molecule has 3 unspecified atom stereocenters. The topological polar surface area (TPSA) is 32.7 Å². The van der Waals surface area contributed by atoms with E-state index in [2.05, 4.69) is 48.2 Å². The van der Waals surface area contributed by atoms with Crippen molar-refractivity contribution >= 4 is 0 Å². The second-order valence-corrected chi connectivity index (χ2v) is 6.67. The number of ether oxygens (including phenoxy) is 1. The van der Waals surface area contributed by atoms with Gasteiger partial charge in [0.25, 0.3) is 0 Å². The van der Waals surface area contributed by atoms with Crippen molar-refractivity contribution in [2.75, 3.05) is 13.1 Å². The van der Waals surface area contributed by atoms with E-state index in [0.29, 0.717) is 6.61 Å². The molecule has 0 aromatic heterocycles. The molecule has 0 spiro atoms. The highest BCUT2D eigenvalue weighted by atomic mass is 16.5. The smallest absolute Gasteiger partial charge is 0.0968 e. The number of likely N-dealkylation sites (tertiary alicyclic amines) is 1. The average molecular weight is 325 g/mol. The first kappa shape index (κ1) is 17.2. The SMILES string of the molecule is CCC1CN(Cc2ccccc2)CC(OCc2ccccc2)C1O. The Morgan fingerprint density at radius 2 is 1.58 bits per heavy atom. The molecular weight excluding hydrogens is 298 g/mol. The minimum absolute atomic E-state index is 0.132. The highest BCUT2D eigenvalue weighted by Gasteiger charge is 2.35. The van der Waals surface area contributed by atoms with E-state index in [1.807, 2.05) is 24.3 Å². The lowest BCUT2D eigenvalue weighted by molar-refractivity contribution is -0.115. The van der Waals surface area contributed by atoms with Crippen molar-refractivity contribution in [3.63, 3.8) is 0 Å². The molecule has 128 valence electrons. The van der Waals surface area contributed by atoms with Gasteiger partial charge >= 0.3 is 0 Å². The van der Waals surface area contributed by atoms with Crippen molar-refractivity contribution in [3.05, 3.63) is 71.8 Å². The molecule has 24 heavy (non-hydrogen) atoms. The number of hydrogen-bond donors (Lipinski definition) is 1. The van der Waals surface area contributed by atoms with Gasteiger partial charge in [-0.15, -0.1) is 0 Å². The first-order valence-corrected chi connectivity index (χ1v) is 8.86. The van der Waals surface area contributed by atoms with Crippen LogP contribution in [0.2, 0.25) is 0 Å². The van der Waals surface area contributed by atoms with Crippen LogP contribution in [0.1, 0.15) is 24.5 Å². The van der Waals surface area contributed by atoms with Gasteiger partial charge in [-0.2, -0.15) is 0 Å². The third-order valence-corrected chi connectivity index (χ3v) is 4.88. The minimum Gasteiger partial charge on any atom is -0.390 e. The predicted molar refractivity (Wildman–Crippen MR) is 96.5 cm³/mol. The van der Waals surface area contributed by atoms with E-state index < -0.39 is 0 Å². The van der Waals surface area contributed by atoms with E-state index in [-0.39, 0.29) is 18.1 Å². The zero-order chi connectivity index (χ0) is 16.8. The molecule has 0 radical (unpaired) electrons. The molecule has 1 N–H and O–H groups in total. The quantitative estimate of drug-likeness (QED) is 0.883. The predicted octanol–water partition coefficient (Wildman–Crippen LogP) is 3.47. The van der Waals surface area contributed by atoms with E-state index in [4.69, 9.17) is 4.74 Å². The highest BCUT2D eigenvalue weighted by Crippen LogP contribution is 2.24. The maximum absolute atomic E-state index is 10.6. The Bertz CT molecular complexity index is 602. The maximum Gasteiger partial charge on any atom is 0.0968 e. The Hall–Kier alpha value is -1.68. The molecule has 0 bridgehead atoms. The lowest BCUT2D eigenvalue weighted by atomic mass is 9.90.